The van der Waals surface area contributed by atoms with Gasteiger partial charge in [-0.3, -0.25) is 9.97 Å². The molecule has 5 heterocycles. The van der Waals surface area contributed by atoms with Crippen LogP contribution in [0.15, 0.2) is 134 Å². The summed E-state index contributed by atoms with van der Waals surface area (Å²) in [5.74, 6) is 0. The third kappa shape index (κ3) is 3.78. The van der Waals surface area contributed by atoms with Gasteiger partial charge in [-0.2, -0.15) is 0 Å². The lowest BCUT2D eigenvalue weighted by Crippen LogP contribution is -2.14. The Morgan fingerprint density at radius 2 is 1.26 bits per heavy atom. The monoisotopic (exact) mass is 620 g/mol. The molecule has 0 amide bonds. The third-order valence-corrected chi connectivity index (χ3v) is 11.0. The molecule has 0 unspecified atom stereocenters. The molecule has 1 aliphatic carbocycles. The Hall–Kier alpha value is -5.65. The highest BCUT2D eigenvalue weighted by Gasteiger charge is 2.36. The Balaban J connectivity index is 1.34. The number of benzene rings is 4. The quantitative estimate of drug-likeness (QED) is 0.197. The van der Waals surface area contributed by atoms with Crippen LogP contribution in [-0.4, -0.2) is 19.5 Å². The summed E-state index contributed by atoms with van der Waals surface area (Å²) in [6.45, 7) is 4.71. The van der Waals surface area contributed by atoms with Gasteiger partial charge < -0.3 is 4.57 Å². The van der Waals surface area contributed by atoms with E-state index in [2.05, 4.69) is 113 Å². The minimum absolute atomic E-state index is 0.0404. The van der Waals surface area contributed by atoms with E-state index >= 15 is 0 Å². The number of para-hydroxylation sites is 1. The van der Waals surface area contributed by atoms with Crippen LogP contribution in [0.2, 0.25) is 0 Å². The molecular weight excluding hydrogens is 593 g/mol. The topological polar surface area (TPSA) is 43.6 Å². The first kappa shape index (κ1) is 26.6. The second kappa shape index (κ2) is 9.68. The molecular formula is C42H28N4S. The zero-order valence-electron chi connectivity index (χ0n) is 25.9. The number of thiophene rings is 1. The lowest BCUT2D eigenvalue weighted by Gasteiger charge is -2.21. The van der Waals surface area contributed by atoms with Crippen molar-refractivity contribution in [1.82, 2.24) is 19.5 Å². The van der Waals surface area contributed by atoms with Gasteiger partial charge in [-0.15, -0.1) is 11.3 Å². The first-order valence-electron chi connectivity index (χ1n) is 15.9. The zero-order chi connectivity index (χ0) is 31.3. The third-order valence-electron chi connectivity index (χ3n) is 9.89. The van der Waals surface area contributed by atoms with Crippen molar-refractivity contribution in [2.45, 2.75) is 19.3 Å². The SMILES string of the molecule is CC1(C)c2ccccc2-c2cc3c(cc21)sc1ccc2c4ccccc4n(-c4cc(-c5ccccn5)nc(-c5ccccn5)c4)c2c13. The zero-order valence-corrected chi connectivity index (χ0v) is 26.7. The fourth-order valence-electron chi connectivity index (χ4n) is 7.71. The number of pyridine rings is 3. The molecule has 9 aromatic rings. The van der Waals surface area contributed by atoms with Crippen LogP contribution in [0.25, 0.3) is 81.6 Å². The summed E-state index contributed by atoms with van der Waals surface area (Å²) < 4.78 is 5.04. The van der Waals surface area contributed by atoms with Gasteiger partial charge in [0.05, 0.1) is 39.5 Å². The van der Waals surface area contributed by atoms with Crippen molar-refractivity contribution >= 4 is 53.3 Å². The second-order valence-electron chi connectivity index (χ2n) is 12.9. The molecule has 5 heteroatoms. The van der Waals surface area contributed by atoms with Crippen LogP contribution in [0.5, 0.6) is 0 Å². The van der Waals surface area contributed by atoms with Gasteiger partial charge >= 0.3 is 0 Å². The van der Waals surface area contributed by atoms with Gasteiger partial charge in [0.2, 0.25) is 0 Å². The van der Waals surface area contributed by atoms with Crippen LogP contribution in [0, 0.1) is 0 Å². The fourth-order valence-corrected chi connectivity index (χ4v) is 8.84. The molecule has 0 saturated carbocycles. The molecule has 1 aliphatic rings. The average Bonchev–Trinajstić information content (AvgIpc) is 3.73. The molecule has 0 aliphatic heterocycles. The van der Waals surface area contributed by atoms with Gasteiger partial charge in [0.15, 0.2) is 0 Å². The standard InChI is InChI=1S/C42H28N4S/c1-42(2)31-13-5-3-11-26(31)29-23-30-39(24-32(29)42)47-38-18-17-28-27-12-4-6-16-37(27)46(41(28)40(30)38)25-21-35(33-14-7-9-19-43-33)45-36(22-25)34-15-8-10-20-44-34/h3-24H,1-2H3. The van der Waals surface area contributed by atoms with Gasteiger partial charge in [0.1, 0.15) is 0 Å². The van der Waals surface area contributed by atoms with Crippen molar-refractivity contribution in [3.63, 3.8) is 0 Å². The predicted molar refractivity (Wildman–Crippen MR) is 195 cm³/mol. The van der Waals surface area contributed by atoms with E-state index in [1.807, 2.05) is 60.1 Å². The Bertz CT molecular complexity index is 2640. The number of nitrogens with zero attached hydrogens (tertiary/aromatic N) is 4. The van der Waals surface area contributed by atoms with Crippen LogP contribution < -0.4 is 0 Å². The first-order chi connectivity index (χ1) is 23.1. The van der Waals surface area contributed by atoms with E-state index in [0.29, 0.717) is 0 Å². The molecule has 0 atom stereocenters. The summed E-state index contributed by atoms with van der Waals surface area (Å²) in [6, 6.07) is 43.5. The molecule has 0 fully saturated rings. The molecule has 4 nitrogen and oxygen atoms in total. The summed E-state index contributed by atoms with van der Waals surface area (Å²) in [6.07, 6.45) is 3.65. The molecule has 0 spiro atoms. The lowest BCUT2D eigenvalue weighted by molar-refractivity contribution is 0.661. The van der Waals surface area contributed by atoms with Crippen molar-refractivity contribution in [1.29, 1.82) is 0 Å². The van der Waals surface area contributed by atoms with Crippen LogP contribution in [-0.2, 0) is 5.41 Å². The van der Waals surface area contributed by atoms with Crippen molar-refractivity contribution < 1.29 is 0 Å². The average molecular weight is 621 g/mol. The summed E-state index contributed by atoms with van der Waals surface area (Å²) in [5, 5.41) is 5.06. The second-order valence-corrected chi connectivity index (χ2v) is 14.0. The predicted octanol–water partition coefficient (Wildman–Crippen LogP) is 11.0. The van der Waals surface area contributed by atoms with Crippen molar-refractivity contribution in [3.05, 3.63) is 145 Å². The van der Waals surface area contributed by atoms with Crippen LogP contribution >= 0.6 is 11.3 Å². The highest BCUT2D eigenvalue weighted by atomic mass is 32.1. The number of hydrogen-bond acceptors (Lipinski definition) is 4. The van der Waals surface area contributed by atoms with E-state index in [9.17, 15) is 0 Å². The fraction of sp³-hybridized carbons (Fsp3) is 0.0714. The van der Waals surface area contributed by atoms with Crippen LogP contribution in [0.3, 0.4) is 0 Å². The van der Waals surface area contributed by atoms with E-state index in [1.54, 1.807) is 0 Å². The molecule has 47 heavy (non-hydrogen) atoms. The Morgan fingerprint density at radius 1 is 0.553 bits per heavy atom. The van der Waals surface area contributed by atoms with E-state index < -0.39 is 0 Å². The smallest absolute Gasteiger partial charge is 0.0915 e. The van der Waals surface area contributed by atoms with E-state index in [-0.39, 0.29) is 5.41 Å². The highest BCUT2D eigenvalue weighted by Crippen LogP contribution is 2.52. The first-order valence-corrected chi connectivity index (χ1v) is 16.8. The minimum atomic E-state index is -0.0404. The molecule has 5 aromatic heterocycles. The van der Waals surface area contributed by atoms with Gasteiger partial charge in [-0.1, -0.05) is 74.5 Å². The summed E-state index contributed by atoms with van der Waals surface area (Å²) in [4.78, 5) is 14.5. The maximum Gasteiger partial charge on any atom is 0.0915 e. The van der Waals surface area contributed by atoms with Crippen molar-refractivity contribution in [3.8, 4) is 39.6 Å². The van der Waals surface area contributed by atoms with Crippen molar-refractivity contribution in [2.24, 2.45) is 0 Å². The summed E-state index contributed by atoms with van der Waals surface area (Å²) >= 11 is 1.89. The number of rotatable bonds is 3. The maximum absolute atomic E-state index is 5.08. The number of hydrogen-bond donors (Lipinski definition) is 0. The van der Waals surface area contributed by atoms with Gasteiger partial charge in [-0.25, -0.2) is 4.98 Å². The molecule has 0 bridgehead atoms. The molecule has 4 aromatic carbocycles. The molecule has 0 radical (unpaired) electrons. The van der Waals surface area contributed by atoms with Crippen LogP contribution in [0.1, 0.15) is 25.0 Å². The molecule has 0 saturated heterocycles. The van der Waals surface area contributed by atoms with E-state index in [4.69, 9.17) is 4.98 Å². The largest absolute Gasteiger partial charge is 0.308 e. The maximum atomic E-state index is 5.08. The number of aromatic nitrogens is 4. The molecule has 10 rings (SSSR count). The molecule has 0 N–H and O–H groups in total. The summed E-state index contributed by atoms with van der Waals surface area (Å²) in [7, 11) is 0. The number of fused-ring (bicyclic) bond motifs is 10. The Kier molecular flexibility index (Phi) is 5.47. The summed E-state index contributed by atoms with van der Waals surface area (Å²) in [5.41, 5.74) is 12.1. The lowest BCUT2D eigenvalue weighted by atomic mass is 9.82. The molecule has 222 valence electrons. The normalized spacial score (nSPS) is 13.5. The van der Waals surface area contributed by atoms with E-state index in [1.165, 1.54) is 58.7 Å². The van der Waals surface area contributed by atoms with E-state index in [0.717, 1.165) is 34.0 Å². The van der Waals surface area contributed by atoms with Gasteiger partial charge in [0, 0.05) is 48.8 Å². The minimum Gasteiger partial charge on any atom is -0.308 e. The highest BCUT2D eigenvalue weighted by molar-refractivity contribution is 7.26. The Morgan fingerprint density at radius 3 is 2.00 bits per heavy atom. The van der Waals surface area contributed by atoms with Crippen molar-refractivity contribution in [2.75, 3.05) is 0 Å². The van der Waals surface area contributed by atoms with Crippen LogP contribution in [0.4, 0.5) is 0 Å². The Labute approximate surface area is 275 Å². The van der Waals surface area contributed by atoms with Gasteiger partial charge in [0.25, 0.3) is 0 Å². The van der Waals surface area contributed by atoms with Gasteiger partial charge in [-0.05, 0) is 82.9 Å².